The van der Waals surface area contributed by atoms with Crippen molar-refractivity contribution in [1.82, 2.24) is 0 Å². The fraction of sp³-hybridized carbons (Fsp3) is 0.721. The maximum atomic E-state index is 12.8. The van der Waals surface area contributed by atoms with Crippen LogP contribution in [0.2, 0.25) is 0 Å². The zero-order valence-electron chi connectivity index (χ0n) is 43.9. The van der Waals surface area contributed by atoms with Crippen LogP contribution in [0.15, 0.2) is 85.1 Å². The normalized spacial score (nSPS) is 12.7. The smallest absolute Gasteiger partial charge is 0.306 e. The molecule has 1 atom stereocenters. The van der Waals surface area contributed by atoms with Gasteiger partial charge in [-0.1, -0.05) is 247 Å². The fourth-order valence-electron chi connectivity index (χ4n) is 7.70. The average Bonchev–Trinajstić information content (AvgIpc) is 3.33. The van der Waals surface area contributed by atoms with Gasteiger partial charge in [0.05, 0.1) is 0 Å². The van der Waals surface area contributed by atoms with Crippen LogP contribution in [0, 0.1) is 0 Å². The number of unbranched alkanes of at least 4 members (excludes halogenated alkanes) is 26. The van der Waals surface area contributed by atoms with Gasteiger partial charge in [-0.15, -0.1) is 0 Å². The lowest BCUT2D eigenvalue weighted by Crippen LogP contribution is -2.30. The van der Waals surface area contributed by atoms with E-state index in [1.165, 1.54) is 128 Å². The van der Waals surface area contributed by atoms with E-state index >= 15 is 0 Å². The summed E-state index contributed by atoms with van der Waals surface area (Å²) in [7, 11) is 0. The monoisotopic (exact) mass is 933 g/mol. The summed E-state index contributed by atoms with van der Waals surface area (Å²) in [6.45, 7) is 6.46. The summed E-state index contributed by atoms with van der Waals surface area (Å²) in [5, 5.41) is 0. The van der Waals surface area contributed by atoms with Crippen LogP contribution < -0.4 is 0 Å². The average molecular weight is 933 g/mol. The van der Waals surface area contributed by atoms with Crippen LogP contribution >= 0.6 is 0 Å². The highest BCUT2D eigenvalue weighted by Gasteiger charge is 2.19. The highest BCUT2D eigenvalue weighted by Crippen LogP contribution is 2.15. The Hall–Kier alpha value is -3.41. The summed E-state index contributed by atoms with van der Waals surface area (Å²) in [6, 6.07) is 0. The van der Waals surface area contributed by atoms with Gasteiger partial charge in [0.15, 0.2) is 6.10 Å². The van der Waals surface area contributed by atoms with Crippen LogP contribution in [0.25, 0.3) is 0 Å². The Bertz CT molecular complexity index is 1300. The first-order valence-electron chi connectivity index (χ1n) is 28.1. The second-order valence-corrected chi connectivity index (χ2v) is 18.5. The van der Waals surface area contributed by atoms with Crippen molar-refractivity contribution in [3.63, 3.8) is 0 Å². The number of esters is 3. The summed E-state index contributed by atoms with van der Waals surface area (Å²) in [4.78, 5) is 38.1. The molecular weight excluding hydrogens is 829 g/mol. The first-order chi connectivity index (χ1) is 33.0. The van der Waals surface area contributed by atoms with E-state index in [1.807, 2.05) is 0 Å². The molecule has 0 aliphatic carbocycles. The third-order valence-corrected chi connectivity index (χ3v) is 11.9. The van der Waals surface area contributed by atoms with Gasteiger partial charge in [0.2, 0.25) is 0 Å². The number of hydrogen-bond donors (Lipinski definition) is 0. The van der Waals surface area contributed by atoms with Crippen molar-refractivity contribution in [2.75, 3.05) is 13.2 Å². The van der Waals surface area contributed by atoms with Gasteiger partial charge in [0, 0.05) is 19.3 Å². The van der Waals surface area contributed by atoms with Crippen molar-refractivity contribution in [3.8, 4) is 0 Å². The number of hydrogen-bond acceptors (Lipinski definition) is 6. The molecule has 1 unspecified atom stereocenters. The molecule has 0 fully saturated rings. The van der Waals surface area contributed by atoms with E-state index < -0.39 is 6.10 Å². The van der Waals surface area contributed by atoms with Crippen LogP contribution in [0.1, 0.15) is 265 Å². The molecule has 0 bridgehead atoms. The quantitative estimate of drug-likeness (QED) is 0.0199. The standard InChI is InChI=1S/C61H104O6/c1-4-7-10-13-16-19-22-25-28-31-34-36-39-42-45-48-51-54-60(63)66-57-58(67-61(64)55-52-49-46-43-40-37-33-30-27-24-21-18-15-12-9-6-3)56-65-59(62)53-50-47-44-41-38-35-32-29-26-23-20-17-14-11-8-5-2/h7,10,16,19,25,28,30,33-34,36-37,40,42,45,58H,4-6,8-9,11-15,17-18,20-24,26-27,29,31-32,35,38-39,41,43-44,46-57H2,1-3H3/b10-7-,19-16-,28-25-,33-30-,36-34-,40-37-,45-42-. The minimum absolute atomic E-state index is 0.103. The summed E-state index contributed by atoms with van der Waals surface area (Å²) in [6.07, 6.45) is 71.5. The van der Waals surface area contributed by atoms with Gasteiger partial charge in [0.25, 0.3) is 0 Å². The number of rotatable bonds is 50. The molecule has 0 aliphatic rings. The molecule has 0 saturated carbocycles. The Labute approximate surface area is 414 Å². The summed E-state index contributed by atoms with van der Waals surface area (Å²) in [5.74, 6) is -0.985. The van der Waals surface area contributed by atoms with Crippen molar-refractivity contribution < 1.29 is 28.6 Å². The van der Waals surface area contributed by atoms with Gasteiger partial charge >= 0.3 is 17.9 Å². The highest BCUT2D eigenvalue weighted by molar-refractivity contribution is 5.71. The molecule has 0 heterocycles. The molecule has 67 heavy (non-hydrogen) atoms. The molecule has 0 aromatic heterocycles. The molecule has 0 radical (unpaired) electrons. The molecule has 384 valence electrons. The van der Waals surface area contributed by atoms with Crippen LogP contribution in [0.4, 0.5) is 0 Å². The van der Waals surface area contributed by atoms with E-state index in [1.54, 1.807) is 0 Å². The first-order valence-corrected chi connectivity index (χ1v) is 28.1. The summed E-state index contributed by atoms with van der Waals surface area (Å²) in [5.41, 5.74) is 0. The molecule has 0 aliphatic heterocycles. The second kappa shape index (κ2) is 55.2. The second-order valence-electron chi connectivity index (χ2n) is 18.5. The maximum absolute atomic E-state index is 12.8. The Kier molecular flexibility index (Phi) is 52.4. The molecule has 0 rings (SSSR count). The van der Waals surface area contributed by atoms with Gasteiger partial charge in [-0.05, 0) is 83.5 Å². The molecule has 6 heteroatoms. The van der Waals surface area contributed by atoms with Gasteiger partial charge in [-0.25, -0.2) is 0 Å². The van der Waals surface area contributed by atoms with Crippen molar-refractivity contribution >= 4 is 17.9 Å². The zero-order chi connectivity index (χ0) is 48.6. The third-order valence-electron chi connectivity index (χ3n) is 11.9. The van der Waals surface area contributed by atoms with E-state index in [2.05, 4.69) is 106 Å². The largest absolute Gasteiger partial charge is 0.462 e. The maximum Gasteiger partial charge on any atom is 0.306 e. The van der Waals surface area contributed by atoms with Crippen LogP contribution in [0.3, 0.4) is 0 Å². The van der Waals surface area contributed by atoms with Crippen LogP contribution in [-0.2, 0) is 28.6 Å². The summed E-state index contributed by atoms with van der Waals surface area (Å²) >= 11 is 0. The van der Waals surface area contributed by atoms with E-state index in [4.69, 9.17) is 14.2 Å². The van der Waals surface area contributed by atoms with Gasteiger partial charge in [-0.2, -0.15) is 0 Å². The first kappa shape index (κ1) is 63.6. The van der Waals surface area contributed by atoms with Gasteiger partial charge < -0.3 is 14.2 Å². The van der Waals surface area contributed by atoms with E-state index in [0.29, 0.717) is 12.8 Å². The molecule has 0 N–H and O–H groups in total. The van der Waals surface area contributed by atoms with E-state index in [-0.39, 0.29) is 44.0 Å². The minimum atomic E-state index is -0.812. The zero-order valence-corrected chi connectivity index (χ0v) is 43.9. The molecule has 0 saturated heterocycles. The Balaban J connectivity index is 4.50. The molecule has 0 aromatic rings. The number of carbonyl (C=O) groups excluding carboxylic acids is 3. The highest BCUT2D eigenvalue weighted by atomic mass is 16.6. The number of carbonyl (C=O) groups is 3. The van der Waals surface area contributed by atoms with Gasteiger partial charge in [0.1, 0.15) is 13.2 Å². The molecule has 0 amide bonds. The third kappa shape index (κ3) is 53.4. The van der Waals surface area contributed by atoms with Crippen molar-refractivity contribution in [1.29, 1.82) is 0 Å². The predicted molar refractivity (Wildman–Crippen MR) is 288 cm³/mol. The molecule has 0 aromatic carbocycles. The van der Waals surface area contributed by atoms with Crippen LogP contribution in [0.5, 0.6) is 0 Å². The van der Waals surface area contributed by atoms with Crippen LogP contribution in [-0.4, -0.2) is 37.2 Å². The number of ether oxygens (including phenoxy) is 3. The SMILES string of the molecule is CC/C=C\C/C=C\C/C=C\C/C=C\C/C=C\CCCC(=O)OCC(COC(=O)CCCCCCCCCCCCCCCCCC)OC(=O)CCCCC/C=C\C=C/CCCCCCCCC. The van der Waals surface area contributed by atoms with Gasteiger partial charge in [-0.3, -0.25) is 14.4 Å². The molecule has 6 nitrogen and oxygen atoms in total. The van der Waals surface area contributed by atoms with E-state index in [9.17, 15) is 14.4 Å². The van der Waals surface area contributed by atoms with Crippen molar-refractivity contribution in [2.45, 2.75) is 271 Å². The lowest BCUT2D eigenvalue weighted by Gasteiger charge is -2.18. The Morgan fingerprint density at radius 3 is 1.06 bits per heavy atom. The molecule has 0 spiro atoms. The lowest BCUT2D eigenvalue weighted by atomic mass is 10.0. The number of allylic oxidation sites excluding steroid dienone is 14. The predicted octanol–water partition coefficient (Wildman–Crippen LogP) is 18.8. The summed E-state index contributed by atoms with van der Waals surface area (Å²) < 4.78 is 16.8. The fourth-order valence-corrected chi connectivity index (χ4v) is 7.70. The topological polar surface area (TPSA) is 78.9 Å². The Morgan fingerprint density at radius 2 is 0.642 bits per heavy atom. The van der Waals surface area contributed by atoms with Crippen molar-refractivity contribution in [3.05, 3.63) is 85.1 Å². The molecular formula is C61H104O6. The van der Waals surface area contributed by atoms with E-state index in [0.717, 1.165) is 89.9 Å². The Morgan fingerprint density at radius 1 is 0.328 bits per heavy atom. The lowest BCUT2D eigenvalue weighted by molar-refractivity contribution is -0.167. The minimum Gasteiger partial charge on any atom is -0.462 e. The van der Waals surface area contributed by atoms with Crippen molar-refractivity contribution in [2.24, 2.45) is 0 Å².